The van der Waals surface area contributed by atoms with E-state index in [0.717, 1.165) is 0 Å². The number of nitrogens with two attached hydrogens (primary N) is 1. The number of anilines is 1. The minimum absolute atomic E-state index is 0.173. The maximum atomic E-state index is 13.0. The highest BCUT2D eigenvalue weighted by atomic mass is 32.2. The zero-order valence-electron chi connectivity index (χ0n) is 17.1. The van der Waals surface area contributed by atoms with E-state index in [1.165, 1.54) is 12.5 Å². The largest absolute Gasteiger partial charge is 0.393 e. The van der Waals surface area contributed by atoms with E-state index in [2.05, 4.69) is 36.4 Å². The first-order valence-corrected chi connectivity index (χ1v) is 11.1. The molecule has 31 heavy (non-hydrogen) atoms. The molecule has 12 heteroatoms. The highest BCUT2D eigenvalue weighted by Crippen LogP contribution is 2.30. The van der Waals surface area contributed by atoms with Crippen LogP contribution in [0.2, 0.25) is 0 Å². The first kappa shape index (κ1) is 22.8. The molecular formula is C19H24N6O5S. The fourth-order valence-corrected chi connectivity index (χ4v) is 3.84. The summed E-state index contributed by atoms with van der Waals surface area (Å²) < 4.78 is 28.2. The fourth-order valence-electron chi connectivity index (χ4n) is 3.47. The predicted octanol–water partition coefficient (Wildman–Crippen LogP) is 0.260. The molecule has 2 aromatic rings. The second kappa shape index (κ2) is 9.52. The number of hydrogen-bond acceptors (Lipinski definition) is 9. The monoisotopic (exact) mass is 448 g/mol. The molecule has 0 aromatic carbocycles. The smallest absolute Gasteiger partial charge is 0.333 e. The summed E-state index contributed by atoms with van der Waals surface area (Å²) in [5.41, 5.74) is 0.467. The van der Waals surface area contributed by atoms with E-state index < -0.39 is 22.3 Å². The molecule has 11 nitrogen and oxygen atoms in total. The van der Waals surface area contributed by atoms with Crippen molar-refractivity contribution in [1.82, 2.24) is 19.7 Å². The van der Waals surface area contributed by atoms with Crippen LogP contribution in [0.1, 0.15) is 48.8 Å². The summed E-state index contributed by atoms with van der Waals surface area (Å²) in [5, 5.41) is 22.5. The standard InChI is InChI=1S/C19H24N6O5S/c1-3-4-12(2)25-6-5-16(24-25)18(27)15-9-21-11-22-19(15)23-14-7-13(17(26)8-14)10-30-31(20,28)29/h5-6,9,11-14,17,26H,7-8,10H2,1-2H3,(H2,20,28,29)(H,21,22,23)/t12?,13-,14-,17+/m1/s1. The summed E-state index contributed by atoms with van der Waals surface area (Å²) >= 11 is 0. The molecule has 4 N–H and O–H groups in total. The minimum Gasteiger partial charge on any atom is -0.393 e. The van der Waals surface area contributed by atoms with Gasteiger partial charge in [-0.3, -0.25) is 13.7 Å². The lowest BCUT2D eigenvalue weighted by Gasteiger charge is -2.15. The summed E-state index contributed by atoms with van der Waals surface area (Å²) in [5.74, 6) is 5.31. The van der Waals surface area contributed by atoms with Gasteiger partial charge in [-0.25, -0.2) is 15.1 Å². The number of carbonyl (C=O) groups excluding carboxylic acids is 1. The van der Waals surface area contributed by atoms with Crippen molar-refractivity contribution in [2.24, 2.45) is 11.1 Å². The molecule has 1 aliphatic rings. The molecule has 0 bridgehead atoms. The Hall–Kier alpha value is -2.85. The summed E-state index contributed by atoms with van der Waals surface area (Å²) in [6, 6.07) is 1.18. The normalized spacial score (nSPS) is 21.9. The van der Waals surface area contributed by atoms with Crippen molar-refractivity contribution in [2.45, 2.75) is 44.9 Å². The Morgan fingerprint density at radius 2 is 2.26 bits per heavy atom. The van der Waals surface area contributed by atoms with Gasteiger partial charge in [0.05, 0.1) is 18.3 Å². The van der Waals surface area contributed by atoms with Crippen LogP contribution < -0.4 is 10.5 Å². The lowest BCUT2D eigenvalue weighted by molar-refractivity contribution is 0.101. The fraction of sp³-hybridized carbons (Fsp3) is 0.474. The molecule has 0 aliphatic heterocycles. The van der Waals surface area contributed by atoms with Crippen LogP contribution in [0.15, 0.2) is 24.8 Å². The Morgan fingerprint density at radius 1 is 1.48 bits per heavy atom. The van der Waals surface area contributed by atoms with Crippen LogP contribution in [-0.2, 0) is 14.5 Å². The molecule has 4 atom stereocenters. The maximum absolute atomic E-state index is 13.0. The maximum Gasteiger partial charge on any atom is 0.333 e. The van der Waals surface area contributed by atoms with Gasteiger partial charge in [0, 0.05) is 24.4 Å². The molecule has 1 aliphatic carbocycles. The second-order valence-electron chi connectivity index (χ2n) is 7.28. The number of rotatable bonds is 8. The quantitative estimate of drug-likeness (QED) is 0.380. The molecule has 1 fully saturated rings. The predicted molar refractivity (Wildman–Crippen MR) is 111 cm³/mol. The van der Waals surface area contributed by atoms with E-state index in [9.17, 15) is 18.3 Å². The van der Waals surface area contributed by atoms with Gasteiger partial charge in [0.15, 0.2) is 0 Å². The summed E-state index contributed by atoms with van der Waals surface area (Å²) in [6.07, 6.45) is 4.36. The summed E-state index contributed by atoms with van der Waals surface area (Å²) in [7, 11) is -4.08. The molecular weight excluding hydrogens is 424 g/mol. The van der Waals surface area contributed by atoms with Crippen LogP contribution in [0.25, 0.3) is 0 Å². The second-order valence-corrected chi connectivity index (χ2v) is 8.50. The van der Waals surface area contributed by atoms with Gasteiger partial charge in [-0.1, -0.05) is 5.92 Å². The Bertz CT molecular complexity index is 1110. The molecule has 0 radical (unpaired) electrons. The number of nitrogens with zero attached hydrogens (tertiary/aromatic N) is 4. The number of nitrogens with one attached hydrogen (secondary N) is 1. The highest BCUT2D eigenvalue weighted by molar-refractivity contribution is 7.84. The van der Waals surface area contributed by atoms with E-state index in [0.29, 0.717) is 18.7 Å². The zero-order valence-corrected chi connectivity index (χ0v) is 17.9. The third kappa shape index (κ3) is 5.86. The summed E-state index contributed by atoms with van der Waals surface area (Å²) in [4.78, 5) is 21.1. The number of carbonyl (C=O) groups is 1. The lowest BCUT2D eigenvalue weighted by Crippen LogP contribution is -2.24. The Kier molecular flexibility index (Phi) is 7.01. The van der Waals surface area contributed by atoms with Crippen molar-refractivity contribution in [3.8, 4) is 11.8 Å². The number of aliphatic hydroxyl groups excluding tert-OH is 1. The van der Waals surface area contributed by atoms with Crippen molar-refractivity contribution >= 4 is 21.9 Å². The molecule has 0 saturated heterocycles. The van der Waals surface area contributed by atoms with Crippen LogP contribution >= 0.6 is 0 Å². The van der Waals surface area contributed by atoms with Gasteiger partial charge < -0.3 is 10.4 Å². The van der Waals surface area contributed by atoms with E-state index in [4.69, 9.17) is 5.14 Å². The van der Waals surface area contributed by atoms with Crippen molar-refractivity contribution in [3.05, 3.63) is 36.0 Å². The molecule has 3 rings (SSSR count). The Morgan fingerprint density at radius 3 is 2.97 bits per heavy atom. The van der Waals surface area contributed by atoms with E-state index in [-0.39, 0.29) is 35.7 Å². The SMILES string of the molecule is CC#CC(C)n1ccc(C(=O)c2cncnc2N[C@@H]2C[C@H](COS(N)(=O)=O)[C@@H](O)C2)n1. The Labute approximate surface area is 180 Å². The van der Waals surface area contributed by atoms with Crippen LogP contribution in [-0.4, -0.2) is 57.8 Å². The van der Waals surface area contributed by atoms with Gasteiger partial charge in [-0.15, -0.1) is 5.92 Å². The number of aliphatic hydroxyl groups is 1. The zero-order chi connectivity index (χ0) is 22.6. The molecule has 1 unspecified atom stereocenters. The van der Waals surface area contributed by atoms with Gasteiger partial charge in [0.1, 0.15) is 23.9 Å². The van der Waals surface area contributed by atoms with E-state index in [1.807, 2.05) is 6.92 Å². The topological polar surface area (TPSA) is 162 Å². The van der Waals surface area contributed by atoms with Crippen LogP contribution in [0, 0.1) is 17.8 Å². The van der Waals surface area contributed by atoms with Gasteiger partial charge in [-0.05, 0) is 32.8 Å². The Balaban J connectivity index is 1.72. The van der Waals surface area contributed by atoms with E-state index >= 15 is 0 Å². The number of aromatic nitrogens is 4. The average Bonchev–Trinajstić information content (AvgIpc) is 3.33. The third-order valence-corrected chi connectivity index (χ3v) is 5.46. The summed E-state index contributed by atoms with van der Waals surface area (Å²) in [6.45, 7) is 3.39. The first-order valence-electron chi connectivity index (χ1n) is 9.61. The van der Waals surface area contributed by atoms with Crippen LogP contribution in [0.4, 0.5) is 5.82 Å². The highest BCUT2D eigenvalue weighted by Gasteiger charge is 2.34. The molecule has 166 valence electrons. The average molecular weight is 449 g/mol. The van der Waals surface area contributed by atoms with Crippen molar-refractivity contribution in [1.29, 1.82) is 0 Å². The molecule has 2 heterocycles. The van der Waals surface area contributed by atoms with Crippen molar-refractivity contribution in [3.63, 3.8) is 0 Å². The van der Waals surface area contributed by atoms with Gasteiger partial charge in [-0.2, -0.15) is 13.5 Å². The molecule has 1 saturated carbocycles. The molecule has 0 amide bonds. The molecule has 0 spiro atoms. The van der Waals surface area contributed by atoms with Gasteiger partial charge in [0.25, 0.3) is 0 Å². The van der Waals surface area contributed by atoms with E-state index in [1.54, 1.807) is 23.9 Å². The molecule has 2 aromatic heterocycles. The van der Waals surface area contributed by atoms with Crippen LogP contribution in [0.5, 0.6) is 0 Å². The lowest BCUT2D eigenvalue weighted by atomic mass is 10.1. The number of ketones is 1. The third-order valence-electron chi connectivity index (χ3n) is 4.99. The minimum atomic E-state index is -4.08. The van der Waals surface area contributed by atoms with Gasteiger partial charge in [0.2, 0.25) is 5.78 Å². The van der Waals surface area contributed by atoms with Crippen LogP contribution in [0.3, 0.4) is 0 Å². The van der Waals surface area contributed by atoms with Gasteiger partial charge >= 0.3 is 10.3 Å². The first-order chi connectivity index (χ1) is 14.7. The van der Waals surface area contributed by atoms with Crippen molar-refractivity contribution < 1.29 is 22.5 Å². The van der Waals surface area contributed by atoms with Crippen molar-refractivity contribution in [2.75, 3.05) is 11.9 Å². The number of hydrogen-bond donors (Lipinski definition) is 3.